The molecule has 0 spiro atoms. The molecule has 3 heterocycles. The van der Waals surface area contributed by atoms with E-state index in [4.69, 9.17) is 11.6 Å². The first-order valence-corrected chi connectivity index (χ1v) is 8.73. The first kappa shape index (κ1) is 19.2. The number of aliphatic imine (C=N–C) groups is 1. The summed E-state index contributed by atoms with van der Waals surface area (Å²) < 4.78 is 0. The number of halogens is 2. The zero-order chi connectivity index (χ0) is 16.1. The summed E-state index contributed by atoms with van der Waals surface area (Å²) in [6.45, 7) is 2.46. The fourth-order valence-electron chi connectivity index (χ4n) is 2.57. The van der Waals surface area contributed by atoms with Crippen LogP contribution in [0.1, 0.15) is 11.4 Å². The third-order valence-corrected chi connectivity index (χ3v) is 4.76. The summed E-state index contributed by atoms with van der Waals surface area (Å²) >= 11 is 7.86. The lowest BCUT2D eigenvalue weighted by atomic mass is 10.3. The molecule has 1 aliphatic heterocycles. The second-order valence-corrected chi connectivity index (χ2v) is 6.62. The zero-order valence-corrected chi connectivity index (χ0v) is 17.2. The van der Waals surface area contributed by atoms with Crippen LogP contribution in [0.5, 0.6) is 0 Å². The van der Waals surface area contributed by atoms with Crippen LogP contribution in [0.4, 0.5) is 5.82 Å². The van der Waals surface area contributed by atoms with Crippen LogP contribution in [-0.4, -0.2) is 42.1 Å². The molecule has 1 aliphatic rings. The van der Waals surface area contributed by atoms with Crippen LogP contribution in [0, 0.1) is 0 Å². The fourth-order valence-corrected chi connectivity index (χ4v) is 3.37. The zero-order valence-electron chi connectivity index (χ0n) is 13.3. The molecule has 1 unspecified atom stereocenters. The third kappa shape index (κ3) is 4.93. The van der Waals surface area contributed by atoms with E-state index < -0.39 is 0 Å². The minimum absolute atomic E-state index is 0. The number of pyridine rings is 1. The van der Waals surface area contributed by atoms with Crippen LogP contribution < -0.4 is 15.5 Å². The van der Waals surface area contributed by atoms with Crippen LogP contribution in [0.3, 0.4) is 0 Å². The number of rotatable bonds is 4. The highest BCUT2D eigenvalue weighted by Crippen LogP contribution is 2.25. The molecule has 2 aromatic heterocycles. The molecular formula is C15H20ClIN6S. The largest absolute Gasteiger partial charge is 0.353 e. The Kier molecular flexibility index (Phi) is 7.50. The van der Waals surface area contributed by atoms with Gasteiger partial charge in [0.1, 0.15) is 10.8 Å². The summed E-state index contributed by atoms with van der Waals surface area (Å²) in [5.41, 5.74) is 0. The van der Waals surface area contributed by atoms with Crippen molar-refractivity contribution in [2.45, 2.75) is 19.0 Å². The van der Waals surface area contributed by atoms with Crippen molar-refractivity contribution in [2.24, 2.45) is 4.99 Å². The standard InChI is InChI=1S/C15H19ClN6S.HI/c1-17-15(20-9-13-18-6-8-23-13)21-11-4-7-22(10-11)14-12(16)3-2-5-19-14;/h2-3,5-6,8,11H,4,7,9-10H2,1H3,(H2,17,20,21);1H. The molecular weight excluding hydrogens is 459 g/mol. The Morgan fingerprint density at radius 3 is 3.04 bits per heavy atom. The van der Waals surface area contributed by atoms with E-state index in [-0.39, 0.29) is 24.0 Å². The van der Waals surface area contributed by atoms with Gasteiger partial charge in [-0.3, -0.25) is 4.99 Å². The summed E-state index contributed by atoms with van der Waals surface area (Å²) in [5, 5.41) is 10.4. The summed E-state index contributed by atoms with van der Waals surface area (Å²) in [4.78, 5) is 15.1. The maximum Gasteiger partial charge on any atom is 0.191 e. The first-order chi connectivity index (χ1) is 11.3. The minimum atomic E-state index is 0. The molecule has 6 nitrogen and oxygen atoms in total. The summed E-state index contributed by atoms with van der Waals surface area (Å²) in [6, 6.07) is 4.04. The van der Waals surface area contributed by atoms with E-state index >= 15 is 0 Å². The van der Waals surface area contributed by atoms with Gasteiger partial charge in [-0.1, -0.05) is 11.6 Å². The Labute approximate surface area is 167 Å². The van der Waals surface area contributed by atoms with E-state index in [0.29, 0.717) is 17.6 Å². The van der Waals surface area contributed by atoms with Crippen LogP contribution in [-0.2, 0) is 6.54 Å². The monoisotopic (exact) mass is 478 g/mol. The van der Waals surface area contributed by atoms with E-state index in [2.05, 4.69) is 30.5 Å². The van der Waals surface area contributed by atoms with E-state index in [1.165, 1.54) is 0 Å². The number of thiazole rings is 1. The third-order valence-electron chi connectivity index (χ3n) is 3.68. The average Bonchev–Trinajstić information content (AvgIpc) is 3.23. The lowest BCUT2D eigenvalue weighted by Crippen LogP contribution is -2.44. The average molecular weight is 479 g/mol. The first-order valence-electron chi connectivity index (χ1n) is 7.47. The van der Waals surface area contributed by atoms with Crippen molar-refractivity contribution in [2.75, 3.05) is 25.0 Å². The van der Waals surface area contributed by atoms with Gasteiger partial charge in [-0.25, -0.2) is 9.97 Å². The number of anilines is 1. The van der Waals surface area contributed by atoms with Gasteiger partial charge < -0.3 is 15.5 Å². The maximum absolute atomic E-state index is 6.23. The van der Waals surface area contributed by atoms with E-state index in [1.54, 1.807) is 24.6 Å². The number of nitrogens with zero attached hydrogens (tertiary/aromatic N) is 4. The minimum Gasteiger partial charge on any atom is -0.353 e. The number of hydrogen-bond donors (Lipinski definition) is 2. The summed E-state index contributed by atoms with van der Waals surface area (Å²) in [6.07, 6.45) is 4.60. The van der Waals surface area contributed by atoms with Gasteiger partial charge in [-0.15, -0.1) is 35.3 Å². The van der Waals surface area contributed by atoms with Crippen molar-refractivity contribution < 1.29 is 0 Å². The van der Waals surface area contributed by atoms with Gasteiger partial charge in [0.05, 0.1) is 11.6 Å². The van der Waals surface area contributed by atoms with Gasteiger partial charge >= 0.3 is 0 Å². The molecule has 130 valence electrons. The van der Waals surface area contributed by atoms with Gasteiger partial charge in [0.2, 0.25) is 0 Å². The van der Waals surface area contributed by atoms with Gasteiger partial charge in [0.25, 0.3) is 0 Å². The van der Waals surface area contributed by atoms with Crippen LogP contribution >= 0.6 is 46.9 Å². The Morgan fingerprint density at radius 2 is 2.33 bits per heavy atom. The van der Waals surface area contributed by atoms with Crippen molar-refractivity contribution in [3.8, 4) is 0 Å². The van der Waals surface area contributed by atoms with Crippen LogP contribution in [0.25, 0.3) is 0 Å². The summed E-state index contributed by atoms with van der Waals surface area (Å²) in [7, 11) is 1.78. The van der Waals surface area contributed by atoms with Crippen LogP contribution in [0.2, 0.25) is 5.02 Å². The quantitative estimate of drug-likeness (QED) is 0.402. The molecule has 1 atom stereocenters. The van der Waals surface area contributed by atoms with E-state index in [0.717, 1.165) is 36.3 Å². The smallest absolute Gasteiger partial charge is 0.191 e. The molecule has 2 N–H and O–H groups in total. The molecule has 9 heteroatoms. The van der Waals surface area contributed by atoms with Crippen LogP contribution in [0.15, 0.2) is 34.9 Å². The van der Waals surface area contributed by atoms with Crippen molar-refractivity contribution in [3.05, 3.63) is 39.9 Å². The van der Waals surface area contributed by atoms with E-state index in [9.17, 15) is 0 Å². The van der Waals surface area contributed by atoms with Crippen molar-refractivity contribution in [1.29, 1.82) is 0 Å². The second kappa shape index (κ2) is 9.38. The molecule has 0 saturated carbocycles. The Balaban J connectivity index is 0.00000208. The van der Waals surface area contributed by atoms with Gasteiger partial charge in [0, 0.05) is 44.0 Å². The molecule has 2 aromatic rings. The predicted molar refractivity (Wildman–Crippen MR) is 111 cm³/mol. The normalized spacial score (nSPS) is 17.5. The van der Waals surface area contributed by atoms with E-state index in [1.807, 2.05) is 23.7 Å². The lowest BCUT2D eigenvalue weighted by Gasteiger charge is -2.20. The maximum atomic E-state index is 6.23. The number of guanidine groups is 1. The highest BCUT2D eigenvalue weighted by Gasteiger charge is 2.25. The molecule has 0 radical (unpaired) electrons. The molecule has 0 bridgehead atoms. The van der Waals surface area contributed by atoms with Crippen molar-refractivity contribution >= 4 is 58.7 Å². The van der Waals surface area contributed by atoms with Crippen molar-refractivity contribution in [1.82, 2.24) is 20.6 Å². The molecule has 0 aromatic carbocycles. The Morgan fingerprint density at radius 1 is 1.46 bits per heavy atom. The topological polar surface area (TPSA) is 65.4 Å². The molecule has 1 saturated heterocycles. The second-order valence-electron chi connectivity index (χ2n) is 5.24. The van der Waals surface area contributed by atoms with Gasteiger partial charge in [-0.05, 0) is 18.6 Å². The Bertz CT molecular complexity index is 666. The van der Waals surface area contributed by atoms with Gasteiger partial charge in [0.15, 0.2) is 5.96 Å². The molecule has 3 rings (SSSR count). The highest BCUT2D eigenvalue weighted by atomic mass is 127. The number of hydrogen-bond acceptors (Lipinski definition) is 5. The molecule has 1 fully saturated rings. The number of aromatic nitrogens is 2. The van der Waals surface area contributed by atoms with Gasteiger partial charge in [-0.2, -0.15) is 0 Å². The molecule has 24 heavy (non-hydrogen) atoms. The van der Waals surface area contributed by atoms with Crippen molar-refractivity contribution in [3.63, 3.8) is 0 Å². The fraction of sp³-hybridized carbons (Fsp3) is 0.400. The predicted octanol–water partition coefficient (Wildman–Crippen LogP) is 2.75. The lowest BCUT2D eigenvalue weighted by molar-refractivity contribution is 0.648. The SMILES string of the molecule is CN=C(NCc1nccs1)NC1CCN(c2ncccc2Cl)C1.I. The summed E-state index contributed by atoms with van der Waals surface area (Å²) in [5.74, 6) is 1.64. The highest BCUT2D eigenvalue weighted by molar-refractivity contribution is 14.0. The Hall–Kier alpha value is -1.13. The molecule has 0 aliphatic carbocycles. The number of nitrogens with one attached hydrogen (secondary N) is 2. The molecule has 0 amide bonds.